The van der Waals surface area contributed by atoms with Gasteiger partial charge in [-0.3, -0.25) is 4.79 Å². The maximum Gasteiger partial charge on any atom is 0.254 e. The number of halogens is 1. The number of rotatable bonds is 5. The van der Waals surface area contributed by atoms with Crippen LogP contribution in [0.3, 0.4) is 0 Å². The monoisotopic (exact) mass is 321 g/mol. The molecule has 1 amide bonds. The summed E-state index contributed by atoms with van der Waals surface area (Å²) in [6.45, 7) is 1.16. The summed E-state index contributed by atoms with van der Waals surface area (Å²) in [7, 11) is 0. The van der Waals surface area contributed by atoms with Crippen LogP contribution in [0.25, 0.3) is 0 Å². The minimum atomic E-state index is -0.428. The van der Waals surface area contributed by atoms with Crippen molar-refractivity contribution in [3.63, 3.8) is 0 Å². The molecule has 0 fully saturated rings. The summed E-state index contributed by atoms with van der Waals surface area (Å²) in [5, 5.41) is 0. The number of benzene rings is 1. The zero-order valence-electron chi connectivity index (χ0n) is 10.3. The summed E-state index contributed by atoms with van der Waals surface area (Å²) in [4.78, 5) is 11.1. The lowest BCUT2D eigenvalue weighted by Gasteiger charge is -2.04. The number of pyridine rings is 1. The molecule has 1 aromatic carbocycles. The maximum atomic E-state index is 11.1. The molecule has 0 spiro atoms. The lowest BCUT2D eigenvalue weighted by Crippen LogP contribution is -2.37. The Morgan fingerprint density at radius 1 is 1.32 bits per heavy atom. The minimum absolute atomic E-state index is 0.428. The number of aromatic nitrogens is 1. The van der Waals surface area contributed by atoms with Gasteiger partial charge in [-0.15, -0.1) is 0 Å². The Balaban J connectivity index is 1.92. The van der Waals surface area contributed by atoms with E-state index in [0.717, 1.165) is 10.2 Å². The van der Waals surface area contributed by atoms with Gasteiger partial charge in [0.05, 0.1) is 0 Å². The number of hydrogen-bond acceptors (Lipinski definition) is 2. The SMILES string of the molecule is NC(=O)c1ccc[n+](CCOc2cccc(Br)c2)c1. The lowest BCUT2D eigenvalue weighted by molar-refractivity contribution is -0.697. The van der Waals surface area contributed by atoms with Crippen molar-refractivity contribution in [2.75, 3.05) is 6.61 Å². The first-order valence-electron chi connectivity index (χ1n) is 5.82. The normalized spacial score (nSPS) is 10.2. The molecule has 2 rings (SSSR count). The molecule has 1 aromatic heterocycles. The van der Waals surface area contributed by atoms with Crippen molar-refractivity contribution < 1.29 is 14.1 Å². The van der Waals surface area contributed by atoms with Gasteiger partial charge in [0, 0.05) is 10.5 Å². The highest BCUT2D eigenvalue weighted by atomic mass is 79.9. The van der Waals surface area contributed by atoms with Crippen molar-refractivity contribution >= 4 is 21.8 Å². The molecule has 0 aliphatic heterocycles. The highest BCUT2D eigenvalue weighted by Crippen LogP contribution is 2.17. The Hall–Kier alpha value is -1.88. The fourth-order valence-corrected chi connectivity index (χ4v) is 2.01. The number of hydrogen-bond donors (Lipinski definition) is 1. The van der Waals surface area contributed by atoms with Gasteiger partial charge in [0.25, 0.3) is 5.91 Å². The number of nitrogens with zero attached hydrogens (tertiary/aromatic N) is 1. The highest BCUT2D eigenvalue weighted by Gasteiger charge is 2.07. The molecule has 2 N–H and O–H groups in total. The first kappa shape index (κ1) is 13.5. The number of nitrogens with two attached hydrogens (primary N) is 1. The number of carbonyl (C=O) groups is 1. The van der Waals surface area contributed by atoms with Crippen LogP contribution in [0.1, 0.15) is 10.4 Å². The molecular formula is C14H14BrN2O2+. The smallest absolute Gasteiger partial charge is 0.254 e. The summed E-state index contributed by atoms with van der Waals surface area (Å²) in [6, 6.07) is 11.1. The van der Waals surface area contributed by atoms with Gasteiger partial charge in [-0.25, -0.2) is 4.57 Å². The number of primary amides is 1. The van der Waals surface area contributed by atoms with E-state index in [9.17, 15) is 4.79 Å². The van der Waals surface area contributed by atoms with Crippen LogP contribution >= 0.6 is 15.9 Å². The zero-order valence-corrected chi connectivity index (χ0v) is 11.8. The summed E-state index contributed by atoms with van der Waals surface area (Å²) in [5.74, 6) is 0.378. The lowest BCUT2D eigenvalue weighted by atomic mass is 10.3. The molecule has 0 aliphatic carbocycles. The third-order valence-corrected chi connectivity index (χ3v) is 3.05. The first-order valence-corrected chi connectivity index (χ1v) is 6.62. The third kappa shape index (κ3) is 4.06. The molecule has 0 aliphatic rings. The largest absolute Gasteiger partial charge is 0.487 e. The minimum Gasteiger partial charge on any atom is -0.487 e. The van der Waals surface area contributed by atoms with Gasteiger partial charge in [-0.2, -0.15) is 0 Å². The van der Waals surface area contributed by atoms with Crippen LogP contribution in [0.5, 0.6) is 5.75 Å². The van der Waals surface area contributed by atoms with Crippen molar-refractivity contribution in [2.45, 2.75) is 6.54 Å². The molecular weight excluding hydrogens is 308 g/mol. The molecule has 0 radical (unpaired) electrons. The van der Waals surface area contributed by atoms with Crippen LogP contribution in [0.15, 0.2) is 53.3 Å². The van der Waals surface area contributed by atoms with E-state index in [4.69, 9.17) is 10.5 Å². The van der Waals surface area contributed by atoms with E-state index in [-0.39, 0.29) is 0 Å². The van der Waals surface area contributed by atoms with Crippen molar-refractivity contribution in [1.82, 2.24) is 0 Å². The molecule has 0 saturated carbocycles. The second-order valence-corrected chi connectivity index (χ2v) is 4.92. The maximum absolute atomic E-state index is 11.1. The van der Waals surface area contributed by atoms with Crippen molar-refractivity contribution in [1.29, 1.82) is 0 Å². The average molecular weight is 322 g/mol. The van der Waals surface area contributed by atoms with E-state index in [2.05, 4.69) is 15.9 Å². The van der Waals surface area contributed by atoms with E-state index in [0.29, 0.717) is 18.7 Å². The number of carbonyl (C=O) groups excluding carboxylic acids is 1. The van der Waals surface area contributed by atoms with Crippen LogP contribution in [0, 0.1) is 0 Å². The van der Waals surface area contributed by atoms with Crippen LogP contribution in [-0.4, -0.2) is 12.5 Å². The van der Waals surface area contributed by atoms with Gasteiger partial charge >= 0.3 is 0 Å². The van der Waals surface area contributed by atoms with Crippen molar-refractivity contribution in [3.8, 4) is 5.75 Å². The highest BCUT2D eigenvalue weighted by molar-refractivity contribution is 9.10. The summed E-state index contributed by atoms with van der Waals surface area (Å²) in [5.41, 5.74) is 5.72. The molecule has 1 heterocycles. The first-order chi connectivity index (χ1) is 9.15. The fraction of sp³-hybridized carbons (Fsp3) is 0.143. The number of amides is 1. The Kier molecular flexibility index (Phi) is 4.52. The van der Waals surface area contributed by atoms with Gasteiger partial charge in [0.2, 0.25) is 0 Å². The summed E-state index contributed by atoms with van der Waals surface area (Å²) >= 11 is 3.39. The molecule has 0 saturated heterocycles. The van der Waals surface area contributed by atoms with Gasteiger partial charge in [0.1, 0.15) is 17.9 Å². The molecule has 98 valence electrons. The fourth-order valence-electron chi connectivity index (χ4n) is 1.63. The van der Waals surface area contributed by atoms with Gasteiger partial charge < -0.3 is 10.5 Å². The standard InChI is InChI=1S/C14H13BrN2O2/c15-12-4-1-5-13(9-12)19-8-7-17-6-2-3-11(10-17)14(16)18/h1-6,9-10H,7-8H2,(H-,16,18)/p+1. The van der Waals surface area contributed by atoms with E-state index in [1.54, 1.807) is 18.3 Å². The Morgan fingerprint density at radius 2 is 2.16 bits per heavy atom. The van der Waals surface area contributed by atoms with E-state index < -0.39 is 5.91 Å². The zero-order chi connectivity index (χ0) is 13.7. The quantitative estimate of drug-likeness (QED) is 0.855. The molecule has 0 atom stereocenters. The molecule has 19 heavy (non-hydrogen) atoms. The molecule has 2 aromatic rings. The topological polar surface area (TPSA) is 56.2 Å². The Labute approximate surface area is 119 Å². The second-order valence-electron chi connectivity index (χ2n) is 4.00. The van der Waals surface area contributed by atoms with Gasteiger partial charge in [-0.05, 0) is 24.3 Å². The predicted molar refractivity (Wildman–Crippen MR) is 74.8 cm³/mol. The third-order valence-electron chi connectivity index (χ3n) is 2.56. The molecule has 4 nitrogen and oxygen atoms in total. The second kappa shape index (κ2) is 6.33. The van der Waals surface area contributed by atoms with Crippen LogP contribution in [0.2, 0.25) is 0 Å². The van der Waals surface area contributed by atoms with Crippen molar-refractivity contribution in [3.05, 3.63) is 58.8 Å². The van der Waals surface area contributed by atoms with Gasteiger partial charge in [0.15, 0.2) is 18.9 Å². The van der Waals surface area contributed by atoms with Crippen LogP contribution in [0.4, 0.5) is 0 Å². The molecule has 0 unspecified atom stereocenters. The van der Waals surface area contributed by atoms with Crippen LogP contribution in [-0.2, 0) is 6.54 Å². The van der Waals surface area contributed by atoms with E-state index in [1.807, 2.05) is 35.0 Å². The number of ether oxygens (including phenoxy) is 1. The molecule has 0 bridgehead atoms. The summed E-state index contributed by atoms with van der Waals surface area (Å²) in [6.07, 6.45) is 3.59. The van der Waals surface area contributed by atoms with E-state index >= 15 is 0 Å². The van der Waals surface area contributed by atoms with Crippen molar-refractivity contribution in [2.24, 2.45) is 5.73 Å². The van der Waals surface area contributed by atoms with E-state index in [1.165, 1.54) is 0 Å². The predicted octanol–water partition coefficient (Wildman–Crippen LogP) is 1.91. The molecule has 5 heteroatoms. The summed E-state index contributed by atoms with van der Waals surface area (Å²) < 4.78 is 8.48. The average Bonchev–Trinajstić information content (AvgIpc) is 2.39. The Morgan fingerprint density at radius 3 is 2.89 bits per heavy atom. The Bertz CT molecular complexity index is 587. The van der Waals surface area contributed by atoms with Gasteiger partial charge in [-0.1, -0.05) is 22.0 Å². The van der Waals surface area contributed by atoms with Crippen LogP contribution < -0.4 is 15.0 Å².